The lowest BCUT2D eigenvalue weighted by Crippen LogP contribution is -2.19. The van der Waals surface area contributed by atoms with E-state index in [2.05, 4.69) is 31.3 Å². The Bertz CT molecular complexity index is 569. The number of nitrogens with two attached hydrogens (primary N) is 1. The van der Waals surface area contributed by atoms with Crippen molar-refractivity contribution in [2.24, 2.45) is 5.84 Å². The van der Waals surface area contributed by atoms with Crippen molar-refractivity contribution >= 4 is 33.1 Å². The zero-order chi connectivity index (χ0) is 12.5. The number of nitrogen functional groups attached to an aromatic ring is 1. The lowest BCUT2D eigenvalue weighted by atomic mass is 10.1. The predicted molar refractivity (Wildman–Crippen MR) is 74.2 cm³/mol. The third-order valence-corrected chi connectivity index (χ3v) is 4.43. The average molecular weight is 327 g/mol. The summed E-state index contributed by atoms with van der Waals surface area (Å²) in [4.78, 5) is 10.1. The quantitative estimate of drug-likeness (QED) is 0.654. The molecule has 0 saturated heterocycles. The number of anilines is 1. The molecule has 0 fully saturated rings. The first-order valence-electron chi connectivity index (χ1n) is 5.46. The molecule has 0 unspecified atom stereocenters. The van der Waals surface area contributed by atoms with Crippen molar-refractivity contribution in [3.63, 3.8) is 0 Å². The molecule has 0 bridgehead atoms. The van der Waals surface area contributed by atoms with Gasteiger partial charge in [0.1, 0.15) is 5.82 Å². The summed E-state index contributed by atoms with van der Waals surface area (Å²) in [7, 11) is 0. The summed E-state index contributed by atoms with van der Waals surface area (Å²) in [6.45, 7) is 1.21. The molecule has 1 aliphatic heterocycles. The Kier molecular flexibility index (Phi) is 3.29. The molecule has 94 valence electrons. The van der Waals surface area contributed by atoms with Crippen LogP contribution in [-0.4, -0.2) is 16.6 Å². The van der Waals surface area contributed by atoms with Crippen molar-refractivity contribution in [2.75, 3.05) is 12.0 Å². The number of rotatable bonds is 2. The van der Waals surface area contributed by atoms with Crippen molar-refractivity contribution in [3.05, 3.63) is 27.2 Å². The highest BCUT2D eigenvalue weighted by atomic mass is 79.9. The highest BCUT2D eigenvalue weighted by Gasteiger charge is 2.18. The minimum absolute atomic E-state index is 0.517. The Morgan fingerprint density at radius 2 is 2.33 bits per heavy atom. The third-order valence-electron chi connectivity index (χ3n) is 2.75. The van der Waals surface area contributed by atoms with Gasteiger partial charge < -0.3 is 10.2 Å². The van der Waals surface area contributed by atoms with Crippen LogP contribution in [0.2, 0.25) is 0 Å². The van der Waals surface area contributed by atoms with Gasteiger partial charge in [-0.05, 0) is 22.0 Å². The highest BCUT2D eigenvalue weighted by molar-refractivity contribution is 9.10. The van der Waals surface area contributed by atoms with E-state index in [0.29, 0.717) is 24.9 Å². The molecule has 2 aromatic heterocycles. The van der Waals surface area contributed by atoms with Gasteiger partial charge >= 0.3 is 0 Å². The van der Waals surface area contributed by atoms with E-state index in [1.165, 1.54) is 0 Å². The van der Waals surface area contributed by atoms with Gasteiger partial charge in [0.25, 0.3) is 0 Å². The lowest BCUT2D eigenvalue weighted by Gasteiger charge is -2.18. The maximum Gasteiger partial charge on any atom is 0.171 e. The number of halogens is 1. The Morgan fingerprint density at radius 3 is 3.06 bits per heavy atom. The zero-order valence-electron chi connectivity index (χ0n) is 9.44. The fourth-order valence-corrected chi connectivity index (χ4v) is 3.25. The number of aromatic nitrogens is 2. The molecule has 0 radical (unpaired) electrons. The fourth-order valence-electron chi connectivity index (χ4n) is 1.89. The summed E-state index contributed by atoms with van der Waals surface area (Å²) in [5.41, 5.74) is 4.61. The molecule has 1 aliphatic rings. The first-order chi connectivity index (χ1) is 8.78. The Labute approximate surface area is 116 Å². The maximum atomic E-state index is 5.52. The van der Waals surface area contributed by atoms with Crippen molar-refractivity contribution in [1.29, 1.82) is 0 Å². The second kappa shape index (κ2) is 4.93. The maximum absolute atomic E-state index is 5.52. The number of nitrogens with zero attached hydrogens (tertiary/aromatic N) is 2. The highest BCUT2D eigenvalue weighted by Crippen LogP contribution is 2.30. The monoisotopic (exact) mass is 326 g/mol. The van der Waals surface area contributed by atoms with E-state index >= 15 is 0 Å². The third kappa shape index (κ3) is 2.14. The van der Waals surface area contributed by atoms with Gasteiger partial charge in [-0.2, -0.15) is 0 Å². The van der Waals surface area contributed by atoms with Crippen LogP contribution in [0.5, 0.6) is 0 Å². The van der Waals surface area contributed by atoms with E-state index in [1.54, 1.807) is 11.3 Å². The van der Waals surface area contributed by atoms with Gasteiger partial charge in [0.2, 0.25) is 0 Å². The number of thiophene rings is 1. The van der Waals surface area contributed by atoms with Crippen LogP contribution < -0.4 is 11.3 Å². The van der Waals surface area contributed by atoms with Crippen LogP contribution in [0.15, 0.2) is 15.9 Å². The molecule has 3 N–H and O–H groups in total. The van der Waals surface area contributed by atoms with Gasteiger partial charge in [-0.25, -0.2) is 15.8 Å². The molecule has 5 nitrogen and oxygen atoms in total. The second-order valence-corrected chi connectivity index (χ2v) is 5.72. The molecule has 0 aromatic carbocycles. The topological polar surface area (TPSA) is 73.1 Å². The molecule has 2 aromatic rings. The number of hydrazine groups is 1. The van der Waals surface area contributed by atoms with Gasteiger partial charge in [0.05, 0.1) is 23.8 Å². The van der Waals surface area contributed by atoms with E-state index in [1.807, 2.05) is 11.4 Å². The zero-order valence-corrected chi connectivity index (χ0v) is 11.8. The first-order valence-corrected chi connectivity index (χ1v) is 7.14. The second-order valence-electron chi connectivity index (χ2n) is 3.90. The fraction of sp³-hybridized carbons (Fsp3) is 0.273. The molecule has 18 heavy (non-hydrogen) atoms. The average Bonchev–Trinajstić information content (AvgIpc) is 2.84. The standard InChI is InChI=1S/C11H11BrN4OS/c12-6-3-9(18-5-6)11-14-8-1-2-17-4-7(8)10(15-11)16-13/h3,5H,1-2,4,13H2,(H,14,15,16). The van der Waals surface area contributed by atoms with Gasteiger partial charge in [-0.3, -0.25) is 0 Å². The molecule has 3 heterocycles. The van der Waals surface area contributed by atoms with Gasteiger partial charge in [0, 0.05) is 21.8 Å². The summed E-state index contributed by atoms with van der Waals surface area (Å²) in [5.74, 6) is 6.88. The summed E-state index contributed by atoms with van der Waals surface area (Å²) >= 11 is 5.04. The van der Waals surface area contributed by atoms with Crippen LogP contribution >= 0.6 is 27.3 Å². The van der Waals surface area contributed by atoms with Crippen molar-refractivity contribution in [1.82, 2.24) is 9.97 Å². The number of nitrogens with one attached hydrogen (secondary N) is 1. The van der Waals surface area contributed by atoms with Gasteiger partial charge in [0.15, 0.2) is 5.82 Å². The summed E-state index contributed by atoms with van der Waals surface area (Å²) < 4.78 is 6.44. The van der Waals surface area contributed by atoms with E-state index in [9.17, 15) is 0 Å². The van der Waals surface area contributed by atoms with E-state index < -0.39 is 0 Å². The molecule has 0 amide bonds. The minimum atomic E-state index is 0.517. The van der Waals surface area contributed by atoms with Crippen LogP contribution in [-0.2, 0) is 17.8 Å². The van der Waals surface area contributed by atoms with E-state index in [4.69, 9.17) is 10.6 Å². The lowest BCUT2D eigenvalue weighted by molar-refractivity contribution is 0.109. The minimum Gasteiger partial charge on any atom is -0.376 e. The molecular formula is C11H11BrN4OS. The van der Waals surface area contributed by atoms with Crippen LogP contribution in [0, 0.1) is 0 Å². The number of fused-ring (bicyclic) bond motifs is 1. The van der Waals surface area contributed by atoms with Crippen LogP contribution in [0.25, 0.3) is 10.7 Å². The summed E-state index contributed by atoms with van der Waals surface area (Å²) in [5, 5.41) is 2.01. The molecule has 0 atom stereocenters. The van der Waals surface area contributed by atoms with Crippen LogP contribution in [0.1, 0.15) is 11.3 Å². The first kappa shape index (κ1) is 12.0. The smallest absolute Gasteiger partial charge is 0.171 e. The predicted octanol–water partition coefficient (Wildman–Crippen LogP) is 2.33. The largest absolute Gasteiger partial charge is 0.376 e. The SMILES string of the molecule is NNc1nc(-c2cc(Br)cs2)nc2c1COCC2. The number of ether oxygens (including phenoxy) is 1. The van der Waals surface area contributed by atoms with E-state index in [0.717, 1.165) is 27.0 Å². The normalized spacial score (nSPS) is 14.3. The van der Waals surface area contributed by atoms with Crippen molar-refractivity contribution in [2.45, 2.75) is 13.0 Å². The summed E-state index contributed by atoms with van der Waals surface area (Å²) in [6, 6.07) is 2.01. The molecule has 0 saturated carbocycles. The number of hydrogen-bond acceptors (Lipinski definition) is 6. The Morgan fingerprint density at radius 1 is 1.44 bits per heavy atom. The molecule has 0 spiro atoms. The van der Waals surface area contributed by atoms with E-state index in [-0.39, 0.29) is 0 Å². The van der Waals surface area contributed by atoms with Gasteiger partial charge in [-0.15, -0.1) is 11.3 Å². The number of hydrogen-bond donors (Lipinski definition) is 2. The van der Waals surface area contributed by atoms with Gasteiger partial charge in [-0.1, -0.05) is 0 Å². The summed E-state index contributed by atoms with van der Waals surface area (Å²) in [6.07, 6.45) is 0.798. The van der Waals surface area contributed by atoms with Crippen molar-refractivity contribution in [3.8, 4) is 10.7 Å². The molecular weight excluding hydrogens is 316 g/mol. The molecule has 0 aliphatic carbocycles. The Hall–Kier alpha value is -1.02. The van der Waals surface area contributed by atoms with Crippen LogP contribution in [0.3, 0.4) is 0 Å². The molecule has 3 rings (SSSR count). The molecule has 7 heteroatoms. The van der Waals surface area contributed by atoms with Crippen LogP contribution in [0.4, 0.5) is 5.82 Å². The Balaban J connectivity index is 2.11. The van der Waals surface area contributed by atoms with Crippen molar-refractivity contribution < 1.29 is 4.74 Å².